The third-order valence-corrected chi connectivity index (χ3v) is 7.24. The average molecular weight is 625 g/mol. The molecule has 0 aliphatic carbocycles. The topological polar surface area (TPSA) is 84.9 Å². The van der Waals surface area contributed by atoms with Crippen LogP contribution in [-0.2, 0) is 22.4 Å². The number of rotatable bonds is 9. The molecule has 0 radical (unpaired) electrons. The van der Waals surface area contributed by atoms with Gasteiger partial charge in [0.1, 0.15) is 13.2 Å². The van der Waals surface area contributed by atoms with Gasteiger partial charge in [-0.3, -0.25) is 19.3 Å². The van der Waals surface area contributed by atoms with Gasteiger partial charge < -0.3 is 14.8 Å². The zero-order chi connectivity index (χ0) is 29.7. The molecule has 1 heterocycles. The Hall–Kier alpha value is -3.67. The summed E-state index contributed by atoms with van der Waals surface area (Å²) in [5.41, 5.74) is 0.268. The number of nitrogens with zero attached hydrogens (tertiary/aromatic N) is 1. The van der Waals surface area contributed by atoms with Crippen LogP contribution >= 0.6 is 35.0 Å². The first kappa shape index (κ1) is 30.3. The third-order valence-electron chi connectivity index (χ3n) is 5.59. The van der Waals surface area contributed by atoms with Gasteiger partial charge in [-0.1, -0.05) is 41.4 Å². The van der Waals surface area contributed by atoms with E-state index in [2.05, 4.69) is 5.32 Å². The van der Waals surface area contributed by atoms with Crippen molar-refractivity contribution in [3.05, 3.63) is 92.3 Å². The number of amides is 3. The van der Waals surface area contributed by atoms with Crippen LogP contribution < -0.4 is 14.8 Å². The maximum absolute atomic E-state index is 12.9. The molecule has 1 N–H and O–H groups in total. The van der Waals surface area contributed by atoms with Crippen LogP contribution in [0.4, 0.5) is 23.7 Å². The summed E-state index contributed by atoms with van der Waals surface area (Å²) >= 11 is 12.7. The maximum Gasteiger partial charge on any atom is 0.416 e. The first-order chi connectivity index (χ1) is 19.4. The van der Waals surface area contributed by atoms with Crippen LogP contribution in [-0.4, -0.2) is 35.1 Å². The van der Waals surface area contributed by atoms with Crippen LogP contribution in [0.5, 0.6) is 11.5 Å². The predicted octanol–water partition coefficient (Wildman–Crippen LogP) is 7.66. The highest BCUT2D eigenvalue weighted by molar-refractivity contribution is 8.18. The van der Waals surface area contributed by atoms with Crippen LogP contribution in [0.3, 0.4) is 0 Å². The van der Waals surface area contributed by atoms with Crippen molar-refractivity contribution in [2.75, 3.05) is 18.5 Å². The van der Waals surface area contributed by atoms with Crippen molar-refractivity contribution in [1.82, 2.24) is 4.90 Å². The van der Waals surface area contributed by atoms with Crippen LogP contribution in [0, 0.1) is 0 Å². The van der Waals surface area contributed by atoms with E-state index in [0.717, 1.165) is 28.7 Å². The highest BCUT2D eigenvalue weighted by Gasteiger charge is 2.36. The summed E-state index contributed by atoms with van der Waals surface area (Å²) < 4.78 is 50.4. The Balaban J connectivity index is 1.44. The third kappa shape index (κ3) is 7.75. The molecule has 0 atom stereocenters. The Labute approximate surface area is 247 Å². The molecule has 4 rings (SSSR count). The van der Waals surface area contributed by atoms with E-state index in [1.54, 1.807) is 43.3 Å². The van der Waals surface area contributed by atoms with Gasteiger partial charge in [0, 0.05) is 5.69 Å². The Morgan fingerprint density at radius 2 is 1.78 bits per heavy atom. The zero-order valence-corrected chi connectivity index (χ0v) is 23.6. The highest BCUT2D eigenvalue weighted by Crippen LogP contribution is 2.35. The van der Waals surface area contributed by atoms with Gasteiger partial charge in [0.2, 0.25) is 5.91 Å². The van der Waals surface area contributed by atoms with Gasteiger partial charge >= 0.3 is 6.18 Å². The molecule has 3 aromatic carbocycles. The molecule has 1 aliphatic rings. The number of imide groups is 1. The van der Waals surface area contributed by atoms with Crippen LogP contribution in [0.2, 0.25) is 10.0 Å². The molecular formula is C28H21Cl2F3N2O5S. The molecule has 0 spiro atoms. The number of benzene rings is 3. The van der Waals surface area contributed by atoms with E-state index >= 15 is 0 Å². The predicted molar refractivity (Wildman–Crippen MR) is 151 cm³/mol. The molecule has 0 saturated carbocycles. The Morgan fingerprint density at radius 3 is 2.49 bits per heavy atom. The lowest BCUT2D eigenvalue weighted by Gasteiger charge is -2.14. The van der Waals surface area contributed by atoms with E-state index in [9.17, 15) is 27.6 Å². The van der Waals surface area contributed by atoms with Gasteiger partial charge in [0.25, 0.3) is 11.1 Å². The van der Waals surface area contributed by atoms with Crippen molar-refractivity contribution in [2.24, 2.45) is 0 Å². The molecule has 41 heavy (non-hydrogen) atoms. The fraction of sp³-hybridized carbons (Fsp3) is 0.179. The van der Waals surface area contributed by atoms with E-state index in [-0.39, 0.29) is 17.2 Å². The number of ether oxygens (including phenoxy) is 2. The minimum absolute atomic E-state index is 0.0637. The Morgan fingerprint density at radius 1 is 1.00 bits per heavy atom. The Bertz CT molecular complexity index is 1530. The van der Waals surface area contributed by atoms with Gasteiger partial charge in [0.05, 0.1) is 27.1 Å². The number of nitrogens with one attached hydrogen (secondary N) is 1. The van der Waals surface area contributed by atoms with Crippen molar-refractivity contribution in [3.8, 4) is 11.5 Å². The molecule has 214 valence electrons. The second-order valence-corrected chi connectivity index (χ2v) is 10.4. The summed E-state index contributed by atoms with van der Waals surface area (Å²) in [6, 6.07) is 14.1. The maximum atomic E-state index is 12.9. The molecule has 13 heteroatoms. The van der Waals surface area contributed by atoms with Gasteiger partial charge in [-0.05, 0) is 78.4 Å². The van der Waals surface area contributed by atoms with Crippen LogP contribution in [0.15, 0.2) is 65.6 Å². The van der Waals surface area contributed by atoms with Crippen LogP contribution in [0.25, 0.3) is 6.08 Å². The second kappa shape index (κ2) is 12.9. The molecule has 7 nitrogen and oxygen atoms in total. The van der Waals surface area contributed by atoms with Crippen molar-refractivity contribution < 1.29 is 37.0 Å². The summed E-state index contributed by atoms with van der Waals surface area (Å²) in [4.78, 5) is 38.6. The van der Waals surface area contributed by atoms with E-state index in [0.29, 0.717) is 45.5 Å². The first-order valence-corrected chi connectivity index (χ1v) is 13.6. The summed E-state index contributed by atoms with van der Waals surface area (Å²) in [6.45, 7) is 1.66. The quantitative estimate of drug-likeness (QED) is 0.246. The minimum Gasteiger partial charge on any atom is -0.490 e. The molecule has 0 aromatic heterocycles. The summed E-state index contributed by atoms with van der Waals surface area (Å²) in [5.74, 6) is -0.692. The van der Waals surface area contributed by atoms with Gasteiger partial charge in [0.15, 0.2) is 11.5 Å². The smallest absolute Gasteiger partial charge is 0.416 e. The number of halogens is 5. The van der Waals surface area contributed by atoms with E-state index in [1.165, 1.54) is 12.1 Å². The number of carbonyl (C=O) groups is 3. The van der Waals surface area contributed by atoms with Crippen LogP contribution in [0.1, 0.15) is 23.6 Å². The zero-order valence-electron chi connectivity index (χ0n) is 21.3. The summed E-state index contributed by atoms with van der Waals surface area (Å²) in [6.07, 6.45) is -3.11. The fourth-order valence-corrected chi connectivity index (χ4v) is 4.86. The standard InChI is InChI=1S/C28H21Cl2F3N2O5S/c1-2-39-23-11-16(7-9-22(23)40-15-17-6-8-20(29)21(30)10-17)12-24-26(37)35(27(38)41-24)14-25(36)34-19-5-3-4-18(13-19)28(31,32)33/h3-13H,2,14-15H2,1H3,(H,34,36)/b24-12-. The lowest BCUT2D eigenvalue weighted by atomic mass is 10.1. The molecule has 3 amide bonds. The van der Waals surface area contributed by atoms with E-state index < -0.39 is 35.3 Å². The number of carbonyl (C=O) groups excluding carboxylic acids is 3. The first-order valence-electron chi connectivity index (χ1n) is 12.0. The molecular weight excluding hydrogens is 604 g/mol. The normalized spacial score (nSPS) is 14.5. The second-order valence-electron chi connectivity index (χ2n) is 8.57. The minimum atomic E-state index is -4.59. The van der Waals surface area contributed by atoms with Crippen molar-refractivity contribution in [1.29, 1.82) is 0 Å². The molecule has 1 saturated heterocycles. The number of anilines is 1. The summed E-state index contributed by atoms with van der Waals surface area (Å²) in [5, 5.41) is 2.42. The largest absolute Gasteiger partial charge is 0.490 e. The molecule has 3 aromatic rings. The number of alkyl halides is 3. The monoisotopic (exact) mass is 624 g/mol. The van der Waals surface area contributed by atoms with E-state index in [4.69, 9.17) is 32.7 Å². The SMILES string of the molecule is CCOc1cc(/C=C2\SC(=O)N(CC(=O)Nc3cccc(C(F)(F)F)c3)C2=O)ccc1OCc1ccc(Cl)c(Cl)c1. The van der Waals surface area contributed by atoms with Gasteiger partial charge in [-0.2, -0.15) is 13.2 Å². The molecule has 1 fully saturated rings. The van der Waals surface area contributed by atoms with Crippen molar-refractivity contribution in [2.45, 2.75) is 19.7 Å². The molecule has 1 aliphatic heterocycles. The molecule has 0 bridgehead atoms. The van der Waals surface area contributed by atoms with Crippen molar-refractivity contribution >= 4 is 63.8 Å². The highest BCUT2D eigenvalue weighted by atomic mass is 35.5. The van der Waals surface area contributed by atoms with Gasteiger partial charge in [-0.15, -0.1) is 0 Å². The van der Waals surface area contributed by atoms with Crippen molar-refractivity contribution in [3.63, 3.8) is 0 Å². The lowest BCUT2D eigenvalue weighted by Crippen LogP contribution is -2.36. The lowest BCUT2D eigenvalue weighted by molar-refractivity contribution is -0.137. The van der Waals surface area contributed by atoms with Gasteiger partial charge in [-0.25, -0.2) is 0 Å². The summed E-state index contributed by atoms with van der Waals surface area (Å²) in [7, 11) is 0. The number of hydrogen-bond acceptors (Lipinski definition) is 6. The fourth-order valence-electron chi connectivity index (χ4n) is 3.70. The Kier molecular flexibility index (Phi) is 9.52. The number of hydrogen-bond donors (Lipinski definition) is 1. The number of thioether (sulfide) groups is 1. The van der Waals surface area contributed by atoms with E-state index in [1.807, 2.05) is 0 Å². The molecule has 0 unspecified atom stereocenters. The average Bonchev–Trinajstić information content (AvgIpc) is 3.17.